The van der Waals surface area contributed by atoms with Crippen LogP contribution in [-0.2, 0) is 0 Å². The lowest BCUT2D eigenvalue weighted by molar-refractivity contribution is 0.385. The number of anilines is 1. The molecule has 34 heavy (non-hydrogen) atoms. The van der Waals surface area contributed by atoms with Gasteiger partial charge in [0.25, 0.3) is 0 Å². The van der Waals surface area contributed by atoms with Crippen LogP contribution in [0.15, 0.2) is 38.6 Å². The Morgan fingerprint density at radius 1 is 0.971 bits per heavy atom. The van der Waals surface area contributed by atoms with E-state index >= 15 is 0 Å². The van der Waals surface area contributed by atoms with Crippen molar-refractivity contribution in [1.29, 1.82) is 0 Å². The molecule has 0 unspecified atom stereocenters. The van der Waals surface area contributed by atoms with Gasteiger partial charge in [-0.2, -0.15) is 0 Å². The summed E-state index contributed by atoms with van der Waals surface area (Å²) in [4.78, 5) is 2.20. The minimum atomic E-state index is 0.0272. The summed E-state index contributed by atoms with van der Waals surface area (Å²) in [5.41, 5.74) is 2.11. The van der Waals surface area contributed by atoms with Gasteiger partial charge < -0.3 is 5.32 Å². The van der Waals surface area contributed by atoms with E-state index in [9.17, 15) is 0 Å². The van der Waals surface area contributed by atoms with Gasteiger partial charge in [-0.05, 0) is 51.5 Å². The predicted molar refractivity (Wildman–Crippen MR) is 162 cm³/mol. The summed E-state index contributed by atoms with van der Waals surface area (Å²) in [6.07, 6.45) is 18.1. The van der Waals surface area contributed by atoms with Crippen LogP contribution in [0.25, 0.3) is 5.57 Å². The number of allylic oxidation sites excluding steroid dienone is 1. The first-order valence-electron chi connectivity index (χ1n) is 13.4. The number of hydrogen-bond donors (Lipinski definition) is 1. The van der Waals surface area contributed by atoms with E-state index in [0.717, 1.165) is 26.9 Å². The molecule has 0 amide bonds. The molecule has 1 nitrogen and oxygen atoms in total. The lowest BCUT2D eigenvalue weighted by atomic mass is 9.91. The Bertz CT molecular complexity index is 686. The Labute approximate surface area is 218 Å². The second kappa shape index (κ2) is 21.8. The van der Waals surface area contributed by atoms with Crippen LogP contribution >= 0.6 is 11.3 Å². The molecule has 2 aliphatic rings. The SMILES string of the molecule is C1CCCCC1.C=C.C=CNc1cc(C#CC(C)(C)C)sc1C(=C)C.CC.CC1CCCCC1. The van der Waals surface area contributed by atoms with E-state index in [2.05, 4.69) is 77.2 Å². The fourth-order valence-electron chi connectivity index (χ4n) is 3.60. The molecule has 2 heteroatoms. The van der Waals surface area contributed by atoms with Gasteiger partial charge in [-0.15, -0.1) is 24.5 Å². The fraction of sp³-hybridized carbons (Fsp3) is 0.625. The van der Waals surface area contributed by atoms with Gasteiger partial charge in [-0.25, -0.2) is 0 Å². The normalized spacial score (nSPS) is 14.9. The summed E-state index contributed by atoms with van der Waals surface area (Å²) in [5, 5.41) is 3.12. The highest BCUT2D eigenvalue weighted by Gasteiger charge is 2.09. The lowest BCUT2D eigenvalue weighted by Gasteiger charge is -2.15. The largest absolute Gasteiger partial charge is 0.361 e. The second-order valence-electron chi connectivity index (χ2n) is 9.85. The van der Waals surface area contributed by atoms with Crippen molar-refractivity contribution in [3.63, 3.8) is 0 Å². The highest BCUT2D eigenvalue weighted by atomic mass is 32.1. The first-order valence-corrected chi connectivity index (χ1v) is 14.2. The first-order chi connectivity index (χ1) is 16.2. The minimum absolute atomic E-state index is 0.0272. The molecule has 0 spiro atoms. The third-order valence-corrected chi connectivity index (χ3v) is 6.54. The Kier molecular flexibility index (Phi) is 22.1. The van der Waals surface area contributed by atoms with E-state index < -0.39 is 0 Å². The van der Waals surface area contributed by atoms with Crippen LogP contribution < -0.4 is 5.32 Å². The summed E-state index contributed by atoms with van der Waals surface area (Å²) < 4.78 is 0. The van der Waals surface area contributed by atoms with Crippen molar-refractivity contribution in [3.05, 3.63) is 48.3 Å². The molecule has 1 N–H and O–H groups in total. The highest BCUT2D eigenvalue weighted by Crippen LogP contribution is 2.32. The number of rotatable bonds is 3. The molecule has 1 aromatic heterocycles. The van der Waals surface area contributed by atoms with Gasteiger partial charge in [0.1, 0.15) is 0 Å². The third kappa shape index (κ3) is 18.7. The molecule has 2 saturated carbocycles. The van der Waals surface area contributed by atoms with E-state index in [1.54, 1.807) is 17.5 Å². The van der Waals surface area contributed by atoms with Crippen molar-refractivity contribution < 1.29 is 0 Å². The van der Waals surface area contributed by atoms with Crippen LogP contribution in [-0.4, -0.2) is 0 Å². The van der Waals surface area contributed by atoms with Crippen molar-refractivity contribution in [2.45, 2.75) is 119 Å². The molecule has 2 aliphatic carbocycles. The van der Waals surface area contributed by atoms with Crippen LogP contribution in [0.1, 0.15) is 129 Å². The standard InChI is InChI=1S/C15H19NS.C7H14.C6H12.C2H6.C2H4/c1-7-16-13-10-12(8-9-15(4,5)6)17-14(13)11(2)3;1-7-5-3-2-4-6-7;1-2-4-6-5-3-1;2*1-2/h7,10,16H,1-2H2,3-6H3;7H,2-6H2,1H3;1-6H2;1-2H3;1-2H2. The predicted octanol–water partition coefficient (Wildman–Crippen LogP) is 11.5. The molecule has 1 heterocycles. The molecule has 2 fully saturated rings. The number of hydrogen-bond acceptors (Lipinski definition) is 2. The van der Waals surface area contributed by atoms with E-state index in [4.69, 9.17) is 0 Å². The van der Waals surface area contributed by atoms with E-state index in [-0.39, 0.29) is 5.41 Å². The average Bonchev–Trinajstić information content (AvgIpc) is 3.26. The summed E-state index contributed by atoms with van der Waals surface area (Å²) in [6.45, 7) is 28.3. The summed E-state index contributed by atoms with van der Waals surface area (Å²) >= 11 is 1.66. The maximum absolute atomic E-state index is 3.98. The average molecular weight is 486 g/mol. The Morgan fingerprint density at radius 2 is 1.41 bits per heavy atom. The van der Waals surface area contributed by atoms with Crippen LogP contribution in [0.5, 0.6) is 0 Å². The van der Waals surface area contributed by atoms with Crippen molar-refractivity contribution in [2.75, 3.05) is 5.32 Å². The highest BCUT2D eigenvalue weighted by molar-refractivity contribution is 7.14. The Morgan fingerprint density at radius 3 is 1.74 bits per heavy atom. The summed E-state index contributed by atoms with van der Waals surface area (Å²) in [5.74, 6) is 7.48. The Hall–Kier alpha value is -1.72. The Balaban J connectivity index is 0. The van der Waals surface area contributed by atoms with Crippen LogP contribution in [0.2, 0.25) is 0 Å². The lowest BCUT2D eigenvalue weighted by Crippen LogP contribution is -1.99. The number of nitrogens with one attached hydrogen (secondary N) is 1. The van der Waals surface area contributed by atoms with Gasteiger partial charge in [0.15, 0.2) is 0 Å². The van der Waals surface area contributed by atoms with E-state index in [0.29, 0.717) is 0 Å². The van der Waals surface area contributed by atoms with Crippen LogP contribution in [0.4, 0.5) is 5.69 Å². The van der Waals surface area contributed by atoms with Gasteiger partial charge in [-0.3, -0.25) is 0 Å². The fourth-order valence-corrected chi connectivity index (χ4v) is 4.50. The second-order valence-corrected chi connectivity index (χ2v) is 10.9. The first kappa shape index (κ1) is 34.4. The molecular weight excluding hydrogens is 430 g/mol. The van der Waals surface area contributed by atoms with Gasteiger partial charge in [0.2, 0.25) is 0 Å². The topological polar surface area (TPSA) is 12.0 Å². The maximum atomic E-state index is 3.98. The molecule has 0 aliphatic heterocycles. The summed E-state index contributed by atoms with van der Waals surface area (Å²) in [7, 11) is 0. The zero-order valence-corrected chi connectivity index (χ0v) is 24.6. The molecule has 0 atom stereocenters. The van der Waals surface area contributed by atoms with Crippen molar-refractivity contribution in [1.82, 2.24) is 0 Å². The molecule has 0 aromatic carbocycles. The maximum Gasteiger partial charge on any atom is 0.0796 e. The van der Waals surface area contributed by atoms with Gasteiger partial charge in [0.05, 0.1) is 15.4 Å². The molecular formula is C32H55NS. The van der Waals surface area contributed by atoms with Gasteiger partial charge >= 0.3 is 0 Å². The molecule has 1 aromatic rings. The smallest absolute Gasteiger partial charge is 0.0796 e. The van der Waals surface area contributed by atoms with Crippen molar-refractivity contribution >= 4 is 22.6 Å². The quantitative estimate of drug-likeness (QED) is 0.331. The molecule has 0 radical (unpaired) electrons. The third-order valence-electron chi connectivity index (χ3n) is 5.33. The van der Waals surface area contributed by atoms with Gasteiger partial charge in [-0.1, -0.05) is 116 Å². The van der Waals surface area contributed by atoms with Gasteiger partial charge in [0, 0.05) is 5.41 Å². The summed E-state index contributed by atoms with van der Waals surface area (Å²) in [6, 6.07) is 2.05. The minimum Gasteiger partial charge on any atom is -0.361 e. The van der Waals surface area contributed by atoms with Crippen molar-refractivity contribution in [2.24, 2.45) is 11.3 Å². The molecule has 0 bridgehead atoms. The molecule has 194 valence electrons. The molecule has 3 rings (SSSR count). The van der Waals surface area contributed by atoms with Crippen LogP contribution in [0.3, 0.4) is 0 Å². The monoisotopic (exact) mass is 485 g/mol. The number of thiophene rings is 1. The van der Waals surface area contributed by atoms with Crippen LogP contribution in [0, 0.1) is 23.2 Å². The zero-order chi connectivity index (χ0) is 26.4. The van der Waals surface area contributed by atoms with E-state index in [1.165, 1.54) is 70.6 Å². The molecule has 0 saturated heterocycles. The van der Waals surface area contributed by atoms with Crippen molar-refractivity contribution in [3.8, 4) is 11.8 Å². The van der Waals surface area contributed by atoms with E-state index in [1.807, 2.05) is 20.8 Å². The zero-order valence-electron chi connectivity index (χ0n) is 23.7.